The van der Waals surface area contributed by atoms with Crippen molar-refractivity contribution in [2.24, 2.45) is 0 Å². The van der Waals surface area contributed by atoms with Crippen molar-refractivity contribution in [3.63, 3.8) is 0 Å². The van der Waals surface area contributed by atoms with Gasteiger partial charge in [-0.15, -0.1) is 0 Å². The molecule has 0 saturated heterocycles. The fourth-order valence-corrected chi connectivity index (χ4v) is 0.390. The van der Waals surface area contributed by atoms with E-state index in [-0.39, 0.29) is 0 Å². The summed E-state index contributed by atoms with van der Waals surface area (Å²) in [6.07, 6.45) is 1.69. The van der Waals surface area contributed by atoms with E-state index in [9.17, 15) is 0 Å². The fraction of sp³-hybridized carbons (Fsp3) is 0.200. The van der Waals surface area contributed by atoms with Crippen LogP contribution < -0.4 is 4.74 Å². The van der Waals surface area contributed by atoms with Crippen molar-refractivity contribution in [2.75, 3.05) is 7.11 Å². The zero-order valence-electron chi connectivity index (χ0n) is 4.06. The molecule has 0 bridgehead atoms. The molecule has 0 atom stereocenters. The van der Waals surface area contributed by atoms with E-state index in [0.29, 0.717) is 0 Å². The molecule has 0 spiro atoms. The van der Waals surface area contributed by atoms with Gasteiger partial charge in [0.25, 0.3) is 0 Å². The summed E-state index contributed by atoms with van der Waals surface area (Å²) in [7, 11) is 1.61. The van der Waals surface area contributed by atoms with Crippen LogP contribution in [0, 0.1) is 6.07 Å². The highest BCUT2D eigenvalue weighted by atomic mass is 16.5. The molecule has 2 heteroatoms. The van der Waals surface area contributed by atoms with Crippen molar-refractivity contribution < 1.29 is 4.74 Å². The van der Waals surface area contributed by atoms with E-state index in [1.54, 1.807) is 19.4 Å². The highest BCUT2D eigenvalue weighted by Gasteiger charge is 1.82. The van der Waals surface area contributed by atoms with Gasteiger partial charge < -0.3 is 9.72 Å². The van der Waals surface area contributed by atoms with Crippen molar-refractivity contribution in [3.05, 3.63) is 18.3 Å². The highest BCUT2D eigenvalue weighted by molar-refractivity contribution is 5.07. The predicted octanol–water partition coefficient (Wildman–Crippen LogP) is 0.823. The number of methoxy groups -OCH3 is 1. The Bertz CT molecular complexity index is 123. The third-order valence-electron chi connectivity index (χ3n) is 0.732. The minimum Gasteiger partial charge on any atom is -0.482 e. The van der Waals surface area contributed by atoms with Crippen LogP contribution in [0.25, 0.3) is 0 Å². The Morgan fingerprint density at radius 2 is 2.71 bits per heavy atom. The Kier molecular flexibility index (Phi) is 1.02. The lowest BCUT2D eigenvalue weighted by atomic mass is 10.7. The van der Waals surface area contributed by atoms with Gasteiger partial charge in [0.15, 0.2) is 5.88 Å². The second-order valence-electron chi connectivity index (χ2n) is 1.17. The molecule has 0 aromatic carbocycles. The second-order valence-corrected chi connectivity index (χ2v) is 1.17. The highest BCUT2D eigenvalue weighted by Crippen LogP contribution is 2.00. The molecule has 1 rings (SSSR count). The molecule has 2 nitrogen and oxygen atoms in total. The molecule has 0 aliphatic carbocycles. The topological polar surface area (TPSA) is 25.0 Å². The zero-order chi connectivity index (χ0) is 5.11. The minimum absolute atomic E-state index is 0.750. The Morgan fingerprint density at radius 3 is 3.00 bits per heavy atom. The number of H-pyrrole nitrogens is 1. The molecule has 1 heterocycles. The number of ether oxygens (including phenoxy) is 1. The van der Waals surface area contributed by atoms with E-state index in [0.717, 1.165) is 5.88 Å². The lowest BCUT2D eigenvalue weighted by molar-refractivity contribution is 0.400. The van der Waals surface area contributed by atoms with Crippen LogP contribution in [0.3, 0.4) is 0 Å². The molecule has 1 radical (unpaired) electrons. The van der Waals surface area contributed by atoms with Gasteiger partial charge in [0.05, 0.1) is 7.11 Å². The Balaban J connectivity index is 2.76. The number of hydrogen-bond donors (Lipinski definition) is 1. The van der Waals surface area contributed by atoms with Gasteiger partial charge in [0.2, 0.25) is 0 Å². The van der Waals surface area contributed by atoms with Gasteiger partial charge in [-0.1, -0.05) is 0 Å². The minimum atomic E-state index is 0.750. The molecular weight excluding hydrogens is 90.1 g/mol. The number of aromatic nitrogens is 1. The average molecular weight is 96.1 g/mol. The van der Waals surface area contributed by atoms with E-state index in [1.807, 2.05) is 0 Å². The smallest absolute Gasteiger partial charge is 0.191 e. The lowest BCUT2D eigenvalue weighted by Crippen LogP contribution is -1.78. The zero-order valence-corrected chi connectivity index (χ0v) is 4.06. The third kappa shape index (κ3) is 0.738. The van der Waals surface area contributed by atoms with Gasteiger partial charge in [-0.2, -0.15) is 0 Å². The van der Waals surface area contributed by atoms with Crippen LogP contribution in [0.15, 0.2) is 12.3 Å². The van der Waals surface area contributed by atoms with Crippen molar-refractivity contribution in [1.82, 2.24) is 4.98 Å². The van der Waals surface area contributed by atoms with Gasteiger partial charge >= 0.3 is 0 Å². The average Bonchev–Trinajstić information content (AvgIpc) is 2.14. The number of rotatable bonds is 1. The Hall–Kier alpha value is -0.920. The molecule has 0 aliphatic heterocycles. The summed E-state index contributed by atoms with van der Waals surface area (Å²) in [5, 5.41) is 0. The fourth-order valence-electron chi connectivity index (χ4n) is 0.390. The molecule has 1 aromatic rings. The van der Waals surface area contributed by atoms with Crippen LogP contribution in [-0.2, 0) is 0 Å². The van der Waals surface area contributed by atoms with Crippen LogP contribution >= 0.6 is 0 Å². The largest absolute Gasteiger partial charge is 0.482 e. The molecule has 0 aliphatic rings. The summed E-state index contributed by atoms with van der Waals surface area (Å²) in [5.74, 6) is 0.750. The first-order chi connectivity index (χ1) is 3.43. The van der Waals surface area contributed by atoms with Crippen LogP contribution in [0.1, 0.15) is 0 Å². The van der Waals surface area contributed by atoms with Crippen molar-refractivity contribution in [1.29, 1.82) is 0 Å². The number of hydrogen-bond acceptors (Lipinski definition) is 1. The van der Waals surface area contributed by atoms with E-state index >= 15 is 0 Å². The molecule has 1 aromatic heterocycles. The first-order valence-corrected chi connectivity index (χ1v) is 2.02. The molecule has 1 N–H and O–H groups in total. The molecule has 0 amide bonds. The van der Waals surface area contributed by atoms with E-state index in [4.69, 9.17) is 4.74 Å². The van der Waals surface area contributed by atoms with Crippen LogP contribution in [0.4, 0.5) is 0 Å². The van der Waals surface area contributed by atoms with Gasteiger partial charge in [-0.25, -0.2) is 0 Å². The lowest BCUT2D eigenvalue weighted by Gasteiger charge is -1.87. The Morgan fingerprint density at radius 1 is 1.86 bits per heavy atom. The summed E-state index contributed by atoms with van der Waals surface area (Å²) in [6.45, 7) is 0. The first-order valence-electron chi connectivity index (χ1n) is 2.02. The summed E-state index contributed by atoms with van der Waals surface area (Å²) in [5.41, 5.74) is 0. The molecule has 0 fully saturated rings. The normalized spacial score (nSPS) is 8.71. The standard InChI is InChI=1S/C5H6NO/c1-7-5-3-2-4-6-5/h3-4,6H,1H3. The first kappa shape index (κ1) is 4.24. The maximum atomic E-state index is 4.77. The number of nitrogens with one attached hydrogen (secondary N) is 1. The molecule has 7 heavy (non-hydrogen) atoms. The SMILES string of the molecule is COc1c[c]c[nH]1. The summed E-state index contributed by atoms with van der Waals surface area (Å²) in [6, 6.07) is 4.54. The van der Waals surface area contributed by atoms with Gasteiger partial charge in [-0.05, 0) is 0 Å². The van der Waals surface area contributed by atoms with Crippen molar-refractivity contribution in [2.45, 2.75) is 0 Å². The Labute approximate surface area is 42.1 Å². The van der Waals surface area contributed by atoms with Crippen LogP contribution in [-0.4, -0.2) is 12.1 Å². The maximum absolute atomic E-state index is 4.77. The second kappa shape index (κ2) is 1.69. The van der Waals surface area contributed by atoms with Gasteiger partial charge in [-0.3, -0.25) is 0 Å². The monoisotopic (exact) mass is 96.0 g/mol. The molecular formula is C5H6NO. The van der Waals surface area contributed by atoms with E-state index < -0.39 is 0 Å². The third-order valence-corrected chi connectivity index (χ3v) is 0.732. The maximum Gasteiger partial charge on any atom is 0.191 e. The van der Waals surface area contributed by atoms with Gasteiger partial charge in [0.1, 0.15) is 0 Å². The van der Waals surface area contributed by atoms with Crippen molar-refractivity contribution >= 4 is 0 Å². The van der Waals surface area contributed by atoms with Gasteiger partial charge in [0, 0.05) is 18.3 Å². The summed E-state index contributed by atoms with van der Waals surface area (Å²) < 4.78 is 4.77. The number of aromatic amines is 1. The van der Waals surface area contributed by atoms with Crippen molar-refractivity contribution in [3.8, 4) is 5.88 Å². The van der Waals surface area contributed by atoms with E-state index in [2.05, 4.69) is 11.1 Å². The summed E-state index contributed by atoms with van der Waals surface area (Å²) >= 11 is 0. The van der Waals surface area contributed by atoms with E-state index in [1.165, 1.54) is 0 Å². The predicted molar refractivity (Wildman–Crippen MR) is 26.2 cm³/mol. The molecule has 0 saturated carbocycles. The van der Waals surface area contributed by atoms with Crippen LogP contribution in [0.2, 0.25) is 0 Å². The quantitative estimate of drug-likeness (QED) is 0.550. The molecule has 37 valence electrons. The summed E-state index contributed by atoms with van der Waals surface area (Å²) in [4.78, 5) is 2.81. The van der Waals surface area contributed by atoms with Crippen LogP contribution in [0.5, 0.6) is 5.88 Å². The molecule has 0 unspecified atom stereocenters.